The summed E-state index contributed by atoms with van der Waals surface area (Å²) in [5, 5.41) is 21.4. The molecule has 1 aliphatic rings. The molecule has 1 aliphatic carbocycles. The maximum atomic E-state index is 11.8. The lowest BCUT2D eigenvalue weighted by molar-refractivity contribution is 0.104. The van der Waals surface area contributed by atoms with Gasteiger partial charge in [0.15, 0.2) is 8.32 Å². The number of aliphatic hydroxyl groups is 1. The zero-order valence-electron chi connectivity index (χ0n) is 24.6. The lowest BCUT2D eigenvalue weighted by Gasteiger charge is -2.44. The Bertz CT molecular complexity index is 1190. The fraction of sp³-hybridized carbons (Fsp3) is 0.613. The van der Waals surface area contributed by atoms with E-state index in [0.29, 0.717) is 0 Å². The highest BCUT2D eigenvalue weighted by Gasteiger charge is 2.44. The quantitative estimate of drug-likeness (QED) is 0.256. The molecule has 1 N–H and O–H groups in total. The highest BCUT2D eigenvalue weighted by atomic mass is 127. The summed E-state index contributed by atoms with van der Waals surface area (Å²) < 4.78 is 8.16. The van der Waals surface area contributed by atoms with E-state index in [4.69, 9.17) is 9.41 Å². The van der Waals surface area contributed by atoms with Crippen molar-refractivity contribution in [3.63, 3.8) is 0 Å². The summed E-state index contributed by atoms with van der Waals surface area (Å²) >= 11 is 2.44. The number of aromatic nitrogens is 1. The Morgan fingerprint density at radius 1 is 1.14 bits per heavy atom. The molecule has 4 nitrogen and oxygen atoms in total. The third-order valence-electron chi connectivity index (χ3n) is 8.31. The van der Waals surface area contributed by atoms with Crippen LogP contribution in [0.1, 0.15) is 121 Å². The Balaban J connectivity index is 2.18. The van der Waals surface area contributed by atoms with Gasteiger partial charge in [0.05, 0.1) is 23.3 Å². The first-order valence-corrected chi connectivity index (χ1v) is 17.4. The Labute approximate surface area is 239 Å². The van der Waals surface area contributed by atoms with Crippen LogP contribution in [-0.4, -0.2) is 18.4 Å². The van der Waals surface area contributed by atoms with Gasteiger partial charge in [0.1, 0.15) is 6.10 Å². The minimum atomic E-state index is -2.04. The minimum Gasteiger partial charge on any atom is -0.410 e. The molecule has 1 aromatic heterocycles. The fourth-order valence-corrected chi connectivity index (χ4v) is 7.38. The van der Waals surface area contributed by atoms with E-state index in [1.54, 1.807) is 0 Å². The molecule has 0 saturated heterocycles. The van der Waals surface area contributed by atoms with E-state index in [1.165, 1.54) is 5.56 Å². The Morgan fingerprint density at radius 3 is 2.19 bits per heavy atom. The number of halogens is 1. The second-order valence-electron chi connectivity index (χ2n) is 13.9. The van der Waals surface area contributed by atoms with Crippen molar-refractivity contribution in [1.29, 1.82) is 5.26 Å². The number of rotatable bonds is 6. The normalized spacial score (nSPS) is 18.9. The van der Waals surface area contributed by atoms with Gasteiger partial charge in [-0.15, -0.1) is 0 Å². The van der Waals surface area contributed by atoms with Crippen LogP contribution in [0.3, 0.4) is 0 Å². The Morgan fingerprint density at radius 2 is 1.70 bits per heavy atom. The summed E-state index contributed by atoms with van der Waals surface area (Å²) in [6.45, 7) is 24.2. The molecule has 0 bridgehead atoms. The van der Waals surface area contributed by atoms with Crippen LogP contribution < -0.4 is 0 Å². The smallest absolute Gasteiger partial charge is 0.192 e. The van der Waals surface area contributed by atoms with Crippen molar-refractivity contribution >= 4 is 30.9 Å². The van der Waals surface area contributed by atoms with Gasteiger partial charge in [-0.3, -0.25) is 4.98 Å². The number of aliphatic hydroxyl groups excluding tert-OH is 1. The lowest BCUT2D eigenvalue weighted by atomic mass is 9.74. The molecule has 202 valence electrons. The zero-order chi connectivity index (χ0) is 28.1. The zero-order valence-corrected chi connectivity index (χ0v) is 27.7. The first-order chi connectivity index (χ1) is 16.8. The second-order valence-corrected chi connectivity index (χ2v) is 19.7. The Kier molecular flexibility index (Phi) is 8.48. The molecule has 1 aromatic carbocycles. The number of pyridine rings is 1. The van der Waals surface area contributed by atoms with Crippen molar-refractivity contribution in [2.45, 2.75) is 117 Å². The molecule has 0 fully saturated rings. The third kappa shape index (κ3) is 6.16. The molecule has 0 spiro atoms. The summed E-state index contributed by atoms with van der Waals surface area (Å²) in [5.74, 6) is 0.171. The molecule has 0 aliphatic heterocycles. The molecule has 0 radical (unpaired) electrons. The van der Waals surface area contributed by atoms with Gasteiger partial charge in [-0.2, -0.15) is 5.26 Å². The van der Waals surface area contributed by atoms with Gasteiger partial charge in [0.25, 0.3) is 0 Å². The molecule has 1 heterocycles. The summed E-state index contributed by atoms with van der Waals surface area (Å²) in [7, 11) is -2.04. The number of benzene rings is 1. The fourth-order valence-electron chi connectivity index (χ4n) is 4.89. The van der Waals surface area contributed by atoms with Gasteiger partial charge >= 0.3 is 0 Å². The molecule has 1 unspecified atom stereocenters. The highest BCUT2D eigenvalue weighted by molar-refractivity contribution is 14.1. The monoisotopic (exact) mass is 632 g/mol. The van der Waals surface area contributed by atoms with E-state index in [2.05, 4.69) is 90.2 Å². The van der Waals surface area contributed by atoms with Crippen LogP contribution in [0.25, 0.3) is 0 Å². The van der Waals surface area contributed by atoms with Crippen LogP contribution in [0.15, 0.2) is 24.3 Å². The largest absolute Gasteiger partial charge is 0.410 e. The van der Waals surface area contributed by atoms with Crippen LogP contribution in [-0.2, 0) is 16.3 Å². The number of nitrogens with zero attached hydrogens (tertiary/aromatic N) is 2. The lowest BCUT2D eigenvalue weighted by Crippen LogP contribution is -2.44. The first kappa shape index (κ1) is 30.3. The SMILES string of the molecule is CC(C)c1nc2c(c(I)c1[C@H](O)c1ccc(C(C)(C)C#N)cc1)C(O[Si](C)(C)C(C)(C)C)CC(C)(C)C2. The number of fused-ring (bicyclic) bond motifs is 1. The second kappa shape index (κ2) is 10.4. The molecular weight excluding hydrogens is 587 g/mol. The first-order valence-electron chi connectivity index (χ1n) is 13.4. The van der Waals surface area contributed by atoms with E-state index in [9.17, 15) is 10.4 Å². The molecule has 2 aromatic rings. The van der Waals surface area contributed by atoms with Crippen molar-refractivity contribution in [2.24, 2.45) is 5.41 Å². The summed E-state index contributed by atoms with van der Waals surface area (Å²) in [4.78, 5) is 5.26. The van der Waals surface area contributed by atoms with Crippen molar-refractivity contribution in [1.82, 2.24) is 4.98 Å². The van der Waals surface area contributed by atoms with Crippen molar-refractivity contribution < 1.29 is 9.53 Å². The summed E-state index contributed by atoms with van der Waals surface area (Å²) in [6.07, 6.45) is 1.01. The average molecular weight is 633 g/mol. The van der Waals surface area contributed by atoms with Gasteiger partial charge in [-0.25, -0.2) is 0 Å². The average Bonchev–Trinajstić information content (AvgIpc) is 2.76. The van der Waals surface area contributed by atoms with E-state index in [0.717, 1.165) is 44.5 Å². The molecule has 0 amide bonds. The number of hydrogen-bond acceptors (Lipinski definition) is 4. The molecule has 0 saturated carbocycles. The van der Waals surface area contributed by atoms with Gasteiger partial charge in [0, 0.05) is 20.4 Å². The van der Waals surface area contributed by atoms with Crippen molar-refractivity contribution in [3.8, 4) is 6.07 Å². The van der Waals surface area contributed by atoms with Crippen molar-refractivity contribution in [3.05, 3.63) is 61.5 Å². The molecular formula is C31H45IN2O2Si. The third-order valence-corrected chi connectivity index (χ3v) is 14.0. The van der Waals surface area contributed by atoms with Crippen LogP contribution in [0.5, 0.6) is 0 Å². The van der Waals surface area contributed by atoms with E-state index in [1.807, 2.05) is 38.1 Å². The Hall–Kier alpha value is -1.27. The van der Waals surface area contributed by atoms with Crippen LogP contribution in [0.4, 0.5) is 0 Å². The van der Waals surface area contributed by atoms with E-state index >= 15 is 0 Å². The summed E-state index contributed by atoms with van der Waals surface area (Å²) in [5.41, 5.74) is 5.42. The van der Waals surface area contributed by atoms with Crippen LogP contribution in [0.2, 0.25) is 18.1 Å². The molecule has 2 atom stereocenters. The summed E-state index contributed by atoms with van der Waals surface area (Å²) in [6, 6.07) is 10.2. The van der Waals surface area contributed by atoms with Gasteiger partial charge in [0.2, 0.25) is 0 Å². The molecule has 37 heavy (non-hydrogen) atoms. The minimum absolute atomic E-state index is 0.0370. The topological polar surface area (TPSA) is 66.1 Å². The number of hydrogen-bond donors (Lipinski definition) is 1. The standard InChI is InChI=1S/C31H45IN2O2Si/c1-19(2)27-25(28(35)20-12-14-21(15-13-20)31(8,9)18-33)26(32)24-22(34-27)16-30(6,7)17-23(24)36-37(10,11)29(3,4)5/h12-15,19,23,28,35H,16-17H2,1-11H3/t23?,28-/m1/s1. The van der Waals surface area contributed by atoms with E-state index < -0.39 is 19.8 Å². The van der Waals surface area contributed by atoms with Gasteiger partial charge in [-0.05, 0) is 89.9 Å². The van der Waals surface area contributed by atoms with Gasteiger partial charge in [-0.1, -0.05) is 72.7 Å². The molecule has 6 heteroatoms. The number of nitriles is 1. The predicted octanol–water partition coefficient (Wildman–Crippen LogP) is 8.73. The van der Waals surface area contributed by atoms with Crippen LogP contribution >= 0.6 is 22.6 Å². The maximum absolute atomic E-state index is 11.8. The van der Waals surface area contributed by atoms with Crippen molar-refractivity contribution in [2.75, 3.05) is 0 Å². The predicted molar refractivity (Wildman–Crippen MR) is 163 cm³/mol. The van der Waals surface area contributed by atoms with Crippen LogP contribution in [0, 0.1) is 20.3 Å². The maximum Gasteiger partial charge on any atom is 0.192 e. The van der Waals surface area contributed by atoms with Gasteiger partial charge < -0.3 is 9.53 Å². The highest BCUT2D eigenvalue weighted by Crippen LogP contribution is 2.50. The van der Waals surface area contributed by atoms with E-state index in [-0.39, 0.29) is 22.5 Å². The molecule has 3 rings (SSSR count).